The van der Waals surface area contributed by atoms with Crippen LogP contribution in [-0.2, 0) is 17.8 Å². The number of ether oxygens (including phenoxy) is 1. The Labute approximate surface area is 274 Å². The van der Waals surface area contributed by atoms with Gasteiger partial charge in [-0.05, 0) is 111 Å². The lowest BCUT2D eigenvalue weighted by Gasteiger charge is -2.28. The fraction of sp³-hybridized carbons (Fsp3) is 0.405. The van der Waals surface area contributed by atoms with Crippen molar-refractivity contribution in [3.05, 3.63) is 106 Å². The molecule has 0 radical (unpaired) electrons. The van der Waals surface area contributed by atoms with Crippen molar-refractivity contribution in [3.8, 4) is 5.88 Å². The number of hydrogen-bond acceptors (Lipinski definition) is 5. The van der Waals surface area contributed by atoms with Gasteiger partial charge in [0.1, 0.15) is 18.3 Å². The lowest BCUT2D eigenvalue weighted by Crippen LogP contribution is -2.50. The van der Waals surface area contributed by atoms with Crippen LogP contribution in [0.3, 0.4) is 0 Å². The van der Waals surface area contributed by atoms with Crippen molar-refractivity contribution in [2.45, 2.75) is 77.0 Å². The number of rotatable bonds is 12. The van der Waals surface area contributed by atoms with E-state index in [0.717, 1.165) is 55.3 Å². The Morgan fingerprint density at radius 1 is 0.978 bits per heavy atom. The van der Waals surface area contributed by atoms with Crippen molar-refractivity contribution in [1.29, 1.82) is 0 Å². The number of halogens is 1. The van der Waals surface area contributed by atoms with Crippen LogP contribution in [0.25, 0.3) is 0 Å². The number of pyridine rings is 1. The molecule has 2 atom stereocenters. The number of nitrogens with one attached hydrogen (secondary N) is 2. The van der Waals surface area contributed by atoms with E-state index in [1.54, 1.807) is 23.1 Å². The zero-order valence-corrected chi connectivity index (χ0v) is 27.0. The number of benzene rings is 2. The molecule has 46 heavy (non-hydrogen) atoms. The van der Waals surface area contributed by atoms with Crippen LogP contribution < -0.4 is 15.4 Å². The van der Waals surface area contributed by atoms with E-state index in [9.17, 15) is 9.59 Å². The summed E-state index contributed by atoms with van der Waals surface area (Å²) in [7, 11) is 0. The van der Waals surface area contributed by atoms with Gasteiger partial charge in [-0.3, -0.25) is 14.3 Å². The molecule has 2 saturated carbocycles. The van der Waals surface area contributed by atoms with Crippen molar-refractivity contribution >= 4 is 29.1 Å². The van der Waals surface area contributed by atoms with E-state index in [1.807, 2.05) is 56.3 Å². The highest BCUT2D eigenvalue weighted by Crippen LogP contribution is 2.51. The first-order chi connectivity index (χ1) is 22.4. The fourth-order valence-electron chi connectivity index (χ4n) is 7.13. The van der Waals surface area contributed by atoms with Gasteiger partial charge in [0, 0.05) is 35.6 Å². The van der Waals surface area contributed by atoms with E-state index in [0.29, 0.717) is 35.0 Å². The summed E-state index contributed by atoms with van der Waals surface area (Å²) in [6, 6.07) is 19.3. The van der Waals surface area contributed by atoms with Gasteiger partial charge in [-0.15, -0.1) is 0 Å². The monoisotopic (exact) mass is 637 g/mol. The molecule has 0 bridgehead atoms. The maximum atomic E-state index is 14.0. The summed E-state index contributed by atoms with van der Waals surface area (Å²) in [5.74, 6) is 1.36. The maximum absolute atomic E-state index is 14.0. The zero-order chi connectivity index (χ0) is 31.8. The van der Waals surface area contributed by atoms with Crippen LogP contribution in [-0.4, -0.2) is 32.6 Å². The second-order valence-electron chi connectivity index (χ2n) is 13.3. The minimum atomic E-state index is -0.606. The van der Waals surface area contributed by atoms with Gasteiger partial charge in [-0.2, -0.15) is 5.10 Å². The molecule has 2 aromatic carbocycles. The van der Waals surface area contributed by atoms with E-state index < -0.39 is 6.04 Å². The minimum absolute atomic E-state index is 0.0372. The highest BCUT2D eigenvalue weighted by atomic mass is 35.5. The zero-order valence-electron chi connectivity index (χ0n) is 26.3. The summed E-state index contributed by atoms with van der Waals surface area (Å²) in [5.41, 5.74) is 5.63. The van der Waals surface area contributed by atoms with Gasteiger partial charge in [0.05, 0.1) is 5.02 Å². The van der Waals surface area contributed by atoms with Crippen molar-refractivity contribution in [3.63, 3.8) is 0 Å². The summed E-state index contributed by atoms with van der Waals surface area (Å²) in [5, 5.41) is 11.2. The number of amides is 2. The standard InChI is InChI=1S/C37H40ClN5O3/c1-22(2)43-32(16-17-40-43)35(44)42-34(33(24-8-9-24)25-10-11-25)36(45)41-28-13-15-29-26(18-28)12-14-30(29)31-19-27(38)20-39-37(31)46-21-23-6-4-3-5-7-23/h3-7,13,15-20,22,24-25,30,33-34H,8-12,14,21H2,1-2H3,(H,41,45)(H,42,44). The number of fused-ring (bicyclic) bond motifs is 1. The third-order valence-corrected chi connectivity index (χ3v) is 9.81. The number of hydrogen-bond donors (Lipinski definition) is 2. The molecule has 2 aromatic heterocycles. The highest BCUT2D eigenvalue weighted by molar-refractivity contribution is 6.30. The molecule has 8 nitrogen and oxygen atoms in total. The SMILES string of the molecule is CC(C)n1nccc1C(=O)NC(C(=O)Nc1ccc2c(c1)CCC2c1cc(Cl)cnc1OCc1ccccc1)C(C1CC1)C1CC1. The van der Waals surface area contributed by atoms with E-state index in [-0.39, 0.29) is 29.7 Å². The Bertz CT molecular complexity index is 1720. The van der Waals surface area contributed by atoms with Gasteiger partial charge in [0.25, 0.3) is 5.91 Å². The van der Waals surface area contributed by atoms with Gasteiger partial charge in [-0.25, -0.2) is 4.98 Å². The predicted octanol–water partition coefficient (Wildman–Crippen LogP) is 7.34. The molecule has 9 heteroatoms. The van der Waals surface area contributed by atoms with Crippen LogP contribution in [0.5, 0.6) is 5.88 Å². The van der Waals surface area contributed by atoms with Crippen LogP contribution in [0, 0.1) is 17.8 Å². The number of carbonyl (C=O) groups is 2. The van der Waals surface area contributed by atoms with Gasteiger partial charge < -0.3 is 15.4 Å². The molecule has 238 valence electrons. The van der Waals surface area contributed by atoms with Gasteiger partial charge in [0.15, 0.2) is 0 Å². The number of nitrogens with zero attached hydrogens (tertiary/aromatic N) is 3. The Morgan fingerprint density at radius 2 is 1.74 bits per heavy atom. The first kappa shape index (κ1) is 30.5. The first-order valence-electron chi connectivity index (χ1n) is 16.5. The molecular formula is C37H40ClN5O3. The predicted molar refractivity (Wildman–Crippen MR) is 178 cm³/mol. The van der Waals surface area contributed by atoms with Crippen LogP contribution in [0.15, 0.2) is 73.1 Å². The maximum Gasteiger partial charge on any atom is 0.270 e. The average Bonchev–Trinajstić information content (AvgIpc) is 3.98. The lowest BCUT2D eigenvalue weighted by atomic mass is 9.88. The van der Waals surface area contributed by atoms with Gasteiger partial charge >= 0.3 is 0 Å². The summed E-state index contributed by atoms with van der Waals surface area (Å²) < 4.78 is 7.90. The lowest BCUT2D eigenvalue weighted by molar-refractivity contribution is -0.119. The molecule has 2 heterocycles. The smallest absolute Gasteiger partial charge is 0.270 e. The fourth-order valence-corrected chi connectivity index (χ4v) is 7.29. The number of aromatic nitrogens is 3. The molecule has 2 N–H and O–H groups in total. The van der Waals surface area contributed by atoms with Crippen LogP contribution in [0.2, 0.25) is 5.02 Å². The number of aryl methyl sites for hydroxylation is 1. The van der Waals surface area contributed by atoms with Crippen molar-refractivity contribution in [2.75, 3.05) is 5.32 Å². The quantitative estimate of drug-likeness (QED) is 0.169. The van der Waals surface area contributed by atoms with Crippen molar-refractivity contribution < 1.29 is 14.3 Å². The van der Waals surface area contributed by atoms with Crippen molar-refractivity contribution in [2.24, 2.45) is 17.8 Å². The topological polar surface area (TPSA) is 98.1 Å². The molecular weight excluding hydrogens is 598 g/mol. The minimum Gasteiger partial charge on any atom is -0.473 e. The van der Waals surface area contributed by atoms with Crippen LogP contribution >= 0.6 is 11.6 Å². The Morgan fingerprint density at radius 3 is 2.46 bits per heavy atom. The molecule has 3 aliphatic rings. The summed E-state index contributed by atoms with van der Waals surface area (Å²) in [6.45, 7) is 4.41. The molecule has 2 unspecified atom stereocenters. The van der Waals surface area contributed by atoms with E-state index in [4.69, 9.17) is 16.3 Å². The molecule has 3 aliphatic carbocycles. The van der Waals surface area contributed by atoms with E-state index in [1.165, 1.54) is 11.1 Å². The molecule has 0 saturated heterocycles. The molecule has 0 aliphatic heterocycles. The second-order valence-corrected chi connectivity index (χ2v) is 13.7. The normalized spacial score (nSPS) is 18.0. The molecule has 2 amide bonds. The summed E-state index contributed by atoms with van der Waals surface area (Å²) in [6.07, 6.45) is 9.47. The summed E-state index contributed by atoms with van der Waals surface area (Å²) >= 11 is 6.42. The van der Waals surface area contributed by atoms with Gasteiger partial charge in [-0.1, -0.05) is 48.0 Å². The average molecular weight is 638 g/mol. The van der Waals surface area contributed by atoms with E-state index >= 15 is 0 Å². The molecule has 0 spiro atoms. The van der Waals surface area contributed by atoms with E-state index in [2.05, 4.69) is 32.8 Å². The Kier molecular flexibility index (Phi) is 8.56. The Hall–Kier alpha value is -4.17. The third-order valence-electron chi connectivity index (χ3n) is 9.61. The third kappa shape index (κ3) is 6.54. The molecule has 7 rings (SSSR count). The number of carbonyl (C=O) groups excluding carboxylic acids is 2. The highest BCUT2D eigenvalue weighted by Gasteiger charge is 2.48. The van der Waals surface area contributed by atoms with Gasteiger partial charge in [0.2, 0.25) is 11.8 Å². The van der Waals surface area contributed by atoms with Crippen LogP contribution in [0.4, 0.5) is 5.69 Å². The number of anilines is 1. The largest absolute Gasteiger partial charge is 0.473 e. The molecule has 2 fully saturated rings. The second kappa shape index (κ2) is 12.9. The van der Waals surface area contributed by atoms with Crippen molar-refractivity contribution in [1.82, 2.24) is 20.1 Å². The van der Waals surface area contributed by atoms with Crippen LogP contribution in [0.1, 0.15) is 90.7 Å². The summed E-state index contributed by atoms with van der Waals surface area (Å²) in [4.78, 5) is 32.1. The molecule has 4 aromatic rings. The first-order valence-corrected chi connectivity index (χ1v) is 16.8. The Balaban J connectivity index is 1.10.